The topological polar surface area (TPSA) is 62.8 Å². The molecule has 0 saturated carbocycles. The molecule has 0 bridgehead atoms. The molecule has 0 aliphatic carbocycles. The molecule has 1 aromatic rings. The van der Waals surface area contributed by atoms with Crippen LogP contribution in [0.1, 0.15) is 25.3 Å². The Kier molecular flexibility index (Phi) is 5.23. The molecule has 1 atom stereocenters. The van der Waals surface area contributed by atoms with E-state index in [1.165, 1.54) is 12.8 Å². The highest BCUT2D eigenvalue weighted by molar-refractivity contribution is 5.73. The number of carbonyl (C=O) groups is 1. The van der Waals surface area contributed by atoms with Gasteiger partial charge in [-0.3, -0.25) is 0 Å². The van der Waals surface area contributed by atoms with E-state index in [9.17, 15) is 4.79 Å². The Morgan fingerprint density at radius 2 is 2.17 bits per heavy atom. The molecule has 1 unspecified atom stereocenters. The van der Waals surface area contributed by atoms with E-state index in [0.717, 1.165) is 42.6 Å². The van der Waals surface area contributed by atoms with Crippen LogP contribution in [0, 0.1) is 5.92 Å². The Morgan fingerprint density at radius 1 is 1.30 bits per heavy atom. The van der Waals surface area contributed by atoms with Crippen molar-refractivity contribution in [2.75, 3.05) is 33.0 Å². The molecule has 2 amide bonds. The molecule has 3 rings (SSSR count). The molecule has 2 aliphatic heterocycles. The summed E-state index contributed by atoms with van der Waals surface area (Å²) in [5.41, 5.74) is 0.995. The van der Waals surface area contributed by atoms with Crippen molar-refractivity contribution in [3.05, 3.63) is 23.8 Å². The maximum Gasteiger partial charge on any atom is 0.315 e. The van der Waals surface area contributed by atoms with Crippen LogP contribution in [0.15, 0.2) is 18.2 Å². The third kappa shape index (κ3) is 4.51. The summed E-state index contributed by atoms with van der Waals surface area (Å²) in [6.07, 6.45) is 2.58. The Hall–Kier alpha value is -1.95. The first-order valence-electron chi connectivity index (χ1n) is 8.33. The number of ether oxygens (including phenoxy) is 2. The highest BCUT2D eigenvalue weighted by atomic mass is 16.7. The van der Waals surface area contributed by atoms with Crippen molar-refractivity contribution in [1.29, 1.82) is 0 Å². The predicted molar refractivity (Wildman–Crippen MR) is 87.6 cm³/mol. The molecule has 0 radical (unpaired) electrons. The molecule has 6 heteroatoms. The first-order valence-corrected chi connectivity index (χ1v) is 8.33. The standard InChI is InChI=1S/C17H25N3O3/c1-13-3-2-7-20(11-13)8-6-18-17(21)19-10-14-4-5-15-16(9-14)23-12-22-15/h4-5,9,13H,2-3,6-8,10-12H2,1H3,(H2,18,19,21). The first-order chi connectivity index (χ1) is 11.2. The summed E-state index contributed by atoms with van der Waals surface area (Å²) in [6, 6.07) is 5.57. The van der Waals surface area contributed by atoms with E-state index in [4.69, 9.17) is 9.47 Å². The molecule has 2 aliphatic rings. The Balaban J connectivity index is 1.35. The second-order valence-corrected chi connectivity index (χ2v) is 6.35. The number of fused-ring (bicyclic) bond motifs is 1. The van der Waals surface area contributed by atoms with Crippen LogP contribution >= 0.6 is 0 Å². The molecular formula is C17H25N3O3. The Labute approximate surface area is 137 Å². The largest absolute Gasteiger partial charge is 0.454 e. The van der Waals surface area contributed by atoms with Crippen LogP contribution in [-0.4, -0.2) is 43.9 Å². The van der Waals surface area contributed by atoms with Gasteiger partial charge in [0.1, 0.15) is 0 Å². The molecule has 0 spiro atoms. The van der Waals surface area contributed by atoms with Gasteiger partial charge in [-0.25, -0.2) is 4.79 Å². The summed E-state index contributed by atoms with van der Waals surface area (Å²) >= 11 is 0. The number of nitrogens with zero attached hydrogens (tertiary/aromatic N) is 1. The lowest BCUT2D eigenvalue weighted by molar-refractivity contribution is 0.174. The van der Waals surface area contributed by atoms with Gasteiger partial charge in [-0.05, 0) is 43.0 Å². The van der Waals surface area contributed by atoms with E-state index in [1.54, 1.807) is 0 Å². The van der Waals surface area contributed by atoms with E-state index in [0.29, 0.717) is 13.1 Å². The molecule has 1 aromatic carbocycles. The minimum absolute atomic E-state index is 0.132. The molecule has 6 nitrogen and oxygen atoms in total. The summed E-state index contributed by atoms with van der Waals surface area (Å²) in [7, 11) is 0. The number of likely N-dealkylation sites (tertiary alicyclic amines) is 1. The number of rotatable bonds is 5. The number of carbonyl (C=O) groups excluding carboxylic acids is 1. The molecule has 0 aromatic heterocycles. The maximum absolute atomic E-state index is 11.9. The molecule has 2 N–H and O–H groups in total. The quantitative estimate of drug-likeness (QED) is 0.871. The number of hydrogen-bond acceptors (Lipinski definition) is 4. The number of amides is 2. The van der Waals surface area contributed by atoms with Crippen LogP contribution in [0.25, 0.3) is 0 Å². The SMILES string of the molecule is CC1CCCN(CCNC(=O)NCc2ccc3c(c2)OCO3)C1. The summed E-state index contributed by atoms with van der Waals surface area (Å²) in [5, 5.41) is 5.79. The smallest absolute Gasteiger partial charge is 0.315 e. The fourth-order valence-electron chi connectivity index (χ4n) is 3.11. The van der Waals surface area contributed by atoms with Crippen molar-refractivity contribution in [1.82, 2.24) is 15.5 Å². The third-order valence-electron chi connectivity index (χ3n) is 4.34. The molecule has 126 valence electrons. The predicted octanol–water partition coefficient (Wildman–Crippen LogP) is 1.95. The fourth-order valence-corrected chi connectivity index (χ4v) is 3.11. The third-order valence-corrected chi connectivity index (χ3v) is 4.34. The number of benzene rings is 1. The van der Waals surface area contributed by atoms with Crippen molar-refractivity contribution in [2.24, 2.45) is 5.92 Å². The van der Waals surface area contributed by atoms with Gasteiger partial charge in [-0.1, -0.05) is 13.0 Å². The molecule has 1 saturated heterocycles. The lowest BCUT2D eigenvalue weighted by atomic mass is 10.0. The van der Waals surface area contributed by atoms with E-state index in [-0.39, 0.29) is 12.8 Å². The van der Waals surface area contributed by atoms with Crippen LogP contribution in [0.4, 0.5) is 4.79 Å². The van der Waals surface area contributed by atoms with Gasteiger partial charge in [0.05, 0.1) is 0 Å². The van der Waals surface area contributed by atoms with Crippen molar-refractivity contribution < 1.29 is 14.3 Å². The van der Waals surface area contributed by atoms with Crippen molar-refractivity contribution >= 4 is 6.03 Å². The second-order valence-electron chi connectivity index (χ2n) is 6.35. The van der Waals surface area contributed by atoms with Crippen LogP contribution in [-0.2, 0) is 6.54 Å². The highest BCUT2D eigenvalue weighted by Crippen LogP contribution is 2.32. The van der Waals surface area contributed by atoms with Crippen molar-refractivity contribution in [3.63, 3.8) is 0 Å². The minimum atomic E-state index is -0.132. The van der Waals surface area contributed by atoms with E-state index in [1.807, 2.05) is 18.2 Å². The van der Waals surface area contributed by atoms with E-state index in [2.05, 4.69) is 22.5 Å². The van der Waals surface area contributed by atoms with Gasteiger partial charge in [0.2, 0.25) is 6.79 Å². The monoisotopic (exact) mass is 319 g/mol. The average molecular weight is 319 g/mol. The zero-order valence-corrected chi connectivity index (χ0v) is 13.6. The van der Waals surface area contributed by atoms with Crippen LogP contribution in [0.2, 0.25) is 0 Å². The van der Waals surface area contributed by atoms with Crippen LogP contribution in [0.5, 0.6) is 11.5 Å². The fraction of sp³-hybridized carbons (Fsp3) is 0.588. The Morgan fingerprint density at radius 3 is 3.04 bits per heavy atom. The lowest BCUT2D eigenvalue weighted by Gasteiger charge is -2.30. The zero-order chi connectivity index (χ0) is 16.1. The average Bonchev–Trinajstić information content (AvgIpc) is 3.00. The van der Waals surface area contributed by atoms with Crippen LogP contribution < -0.4 is 20.1 Å². The second kappa shape index (κ2) is 7.55. The first kappa shape index (κ1) is 15.9. The maximum atomic E-state index is 11.9. The van der Waals surface area contributed by atoms with Crippen LogP contribution in [0.3, 0.4) is 0 Å². The summed E-state index contributed by atoms with van der Waals surface area (Å²) < 4.78 is 10.6. The number of hydrogen-bond donors (Lipinski definition) is 2. The van der Waals surface area contributed by atoms with Crippen molar-refractivity contribution in [3.8, 4) is 11.5 Å². The number of nitrogens with one attached hydrogen (secondary N) is 2. The van der Waals surface area contributed by atoms with Gasteiger partial charge in [0.15, 0.2) is 11.5 Å². The zero-order valence-electron chi connectivity index (χ0n) is 13.6. The van der Waals surface area contributed by atoms with Gasteiger partial charge in [0, 0.05) is 26.2 Å². The summed E-state index contributed by atoms with van der Waals surface area (Å²) in [5.74, 6) is 2.27. The molecule has 2 heterocycles. The summed E-state index contributed by atoms with van der Waals surface area (Å²) in [6.45, 7) is 6.91. The normalized spacial score (nSPS) is 20.3. The van der Waals surface area contributed by atoms with Gasteiger partial charge in [0.25, 0.3) is 0 Å². The van der Waals surface area contributed by atoms with Gasteiger partial charge >= 0.3 is 6.03 Å². The molecule has 23 heavy (non-hydrogen) atoms. The minimum Gasteiger partial charge on any atom is -0.454 e. The van der Waals surface area contributed by atoms with Crippen molar-refractivity contribution in [2.45, 2.75) is 26.3 Å². The van der Waals surface area contributed by atoms with Gasteiger partial charge in [-0.2, -0.15) is 0 Å². The summed E-state index contributed by atoms with van der Waals surface area (Å²) in [4.78, 5) is 14.3. The number of piperidine rings is 1. The lowest BCUT2D eigenvalue weighted by Crippen LogP contribution is -2.42. The van der Waals surface area contributed by atoms with E-state index < -0.39 is 0 Å². The Bertz CT molecular complexity index is 550. The van der Waals surface area contributed by atoms with Gasteiger partial charge in [-0.15, -0.1) is 0 Å². The molecule has 1 fully saturated rings. The van der Waals surface area contributed by atoms with Gasteiger partial charge < -0.3 is 25.0 Å². The molecular weight excluding hydrogens is 294 g/mol. The number of urea groups is 1. The van der Waals surface area contributed by atoms with E-state index >= 15 is 0 Å². The highest BCUT2D eigenvalue weighted by Gasteiger charge is 2.16.